The maximum atomic E-state index is 5.78. The van der Waals surface area contributed by atoms with E-state index in [1.807, 2.05) is 6.07 Å². The van der Waals surface area contributed by atoms with Gasteiger partial charge in [0.05, 0.1) is 12.2 Å². The second-order valence-corrected chi connectivity index (χ2v) is 6.17. The SMILES string of the molecule is c1ccc(Cc2ccccc2CN2CCOc3ccccc32)cc1. The molecular formula is C22H21NO. The van der Waals surface area contributed by atoms with Crippen molar-refractivity contribution in [2.75, 3.05) is 18.1 Å². The number of benzene rings is 3. The molecule has 3 aromatic rings. The quantitative estimate of drug-likeness (QED) is 0.693. The number of para-hydroxylation sites is 2. The molecule has 0 fully saturated rings. The van der Waals surface area contributed by atoms with Crippen LogP contribution in [0.25, 0.3) is 0 Å². The lowest BCUT2D eigenvalue weighted by Crippen LogP contribution is -2.32. The molecule has 2 heteroatoms. The smallest absolute Gasteiger partial charge is 0.142 e. The Balaban J connectivity index is 1.60. The van der Waals surface area contributed by atoms with Crippen LogP contribution in [0.5, 0.6) is 5.75 Å². The number of hydrogen-bond donors (Lipinski definition) is 0. The summed E-state index contributed by atoms with van der Waals surface area (Å²) < 4.78 is 5.78. The largest absolute Gasteiger partial charge is 0.490 e. The highest BCUT2D eigenvalue weighted by Gasteiger charge is 2.18. The minimum absolute atomic E-state index is 0.748. The number of nitrogens with zero attached hydrogens (tertiary/aromatic N) is 1. The van der Waals surface area contributed by atoms with E-state index in [1.54, 1.807) is 0 Å². The molecule has 120 valence electrons. The van der Waals surface area contributed by atoms with Crippen molar-refractivity contribution in [1.82, 2.24) is 0 Å². The molecule has 24 heavy (non-hydrogen) atoms. The molecule has 0 aromatic heterocycles. The van der Waals surface area contributed by atoms with Crippen LogP contribution in [0, 0.1) is 0 Å². The molecule has 0 radical (unpaired) electrons. The Bertz CT molecular complexity index is 813. The number of fused-ring (bicyclic) bond motifs is 1. The van der Waals surface area contributed by atoms with Gasteiger partial charge in [-0.05, 0) is 35.2 Å². The predicted octanol–water partition coefficient (Wildman–Crippen LogP) is 4.68. The second kappa shape index (κ2) is 6.79. The molecule has 2 nitrogen and oxygen atoms in total. The summed E-state index contributed by atoms with van der Waals surface area (Å²) in [6, 6.07) is 27.7. The Kier molecular flexibility index (Phi) is 4.20. The van der Waals surface area contributed by atoms with Crippen LogP contribution in [0.1, 0.15) is 16.7 Å². The average Bonchev–Trinajstić information content (AvgIpc) is 2.64. The molecule has 0 spiro atoms. The van der Waals surface area contributed by atoms with Gasteiger partial charge in [0.2, 0.25) is 0 Å². The van der Waals surface area contributed by atoms with E-state index in [2.05, 4.69) is 77.7 Å². The maximum absolute atomic E-state index is 5.78. The molecule has 3 aromatic carbocycles. The van der Waals surface area contributed by atoms with Crippen molar-refractivity contribution in [2.24, 2.45) is 0 Å². The van der Waals surface area contributed by atoms with Gasteiger partial charge in [-0.1, -0.05) is 66.7 Å². The molecule has 0 saturated carbocycles. The van der Waals surface area contributed by atoms with Crippen LogP contribution in [0.15, 0.2) is 78.9 Å². The number of ether oxygens (including phenoxy) is 1. The summed E-state index contributed by atoms with van der Waals surface area (Å²) in [7, 11) is 0. The zero-order valence-electron chi connectivity index (χ0n) is 13.7. The van der Waals surface area contributed by atoms with Crippen LogP contribution < -0.4 is 9.64 Å². The van der Waals surface area contributed by atoms with Crippen molar-refractivity contribution < 1.29 is 4.74 Å². The van der Waals surface area contributed by atoms with E-state index in [0.717, 1.165) is 31.9 Å². The van der Waals surface area contributed by atoms with Crippen LogP contribution in [0.2, 0.25) is 0 Å². The fraction of sp³-hybridized carbons (Fsp3) is 0.182. The minimum atomic E-state index is 0.748. The average molecular weight is 315 g/mol. The molecule has 0 N–H and O–H groups in total. The molecule has 1 aliphatic rings. The van der Waals surface area contributed by atoms with Gasteiger partial charge >= 0.3 is 0 Å². The van der Waals surface area contributed by atoms with Gasteiger partial charge in [0, 0.05) is 6.54 Å². The molecular weight excluding hydrogens is 294 g/mol. The van der Waals surface area contributed by atoms with E-state index >= 15 is 0 Å². The highest BCUT2D eigenvalue weighted by molar-refractivity contribution is 5.60. The number of rotatable bonds is 4. The first kappa shape index (κ1) is 14.8. The van der Waals surface area contributed by atoms with Gasteiger partial charge in [0.25, 0.3) is 0 Å². The zero-order valence-corrected chi connectivity index (χ0v) is 13.7. The first-order chi connectivity index (χ1) is 11.9. The van der Waals surface area contributed by atoms with Gasteiger partial charge in [-0.2, -0.15) is 0 Å². The summed E-state index contributed by atoms with van der Waals surface area (Å²) >= 11 is 0. The Morgan fingerprint density at radius 3 is 2.33 bits per heavy atom. The van der Waals surface area contributed by atoms with E-state index in [-0.39, 0.29) is 0 Å². The Morgan fingerprint density at radius 2 is 1.46 bits per heavy atom. The van der Waals surface area contributed by atoms with Crippen molar-refractivity contribution >= 4 is 5.69 Å². The van der Waals surface area contributed by atoms with E-state index in [0.29, 0.717) is 0 Å². The lowest BCUT2D eigenvalue weighted by Gasteiger charge is -2.31. The van der Waals surface area contributed by atoms with E-state index in [9.17, 15) is 0 Å². The molecule has 1 heterocycles. The molecule has 4 rings (SSSR count). The van der Waals surface area contributed by atoms with Crippen LogP contribution >= 0.6 is 0 Å². The fourth-order valence-corrected chi connectivity index (χ4v) is 3.30. The van der Waals surface area contributed by atoms with Crippen molar-refractivity contribution in [3.63, 3.8) is 0 Å². The van der Waals surface area contributed by atoms with Crippen LogP contribution in [-0.4, -0.2) is 13.2 Å². The standard InChI is InChI=1S/C22H21NO/c1-2-8-18(9-3-1)16-19-10-4-5-11-20(19)17-23-14-15-24-22-13-7-6-12-21(22)23/h1-13H,14-17H2. The summed E-state index contributed by atoms with van der Waals surface area (Å²) in [4.78, 5) is 2.42. The van der Waals surface area contributed by atoms with E-state index < -0.39 is 0 Å². The van der Waals surface area contributed by atoms with Crippen LogP contribution in [0.4, 0.5) is 5.69 Å². The Labute approximate surface area is 143 Å². The highest BCUT2D eigenvalue weighted by atomic mass is 16.5. The topological polar surface area (TPSA) is 12.5 Å². The zero-order chi connectivity index (χ0) is 16.2. The molecule has 0 bridgehead atoms. The molecule has 0 amide bonds. The Morgan fingerprint density at radius 1 is 0.750 bits per heavy atom. The molecule has 0 saturated heterocycles. The lowest BCUT2D eigenvalue weighted by molar-refractivity contribution is 0.307. The first-order valence-corrected chi connectivity index (χ1v) is 8.47. The van der Waals surface area contributed by atoms with Crippen LogP contribution in [-0.2, 0) is 13.0 Å². The summed E-state index contributed by atoms with van der Waals surface area (Å²) in [5, 5.41) is 0. The van der Waals surface area contributed by atoms with E-state index in [4.69, 9.17) is 4.74 Å². The molecule has 1 aliphatic heterocycles. The monoisotopic (exact) mass is 315 g/mol. The fourth-order valence-electron chi connectivity index (χ4n) is 3.30. The van der Waals surface area contributed by atoms with Crippen molar-refractivity contribution in [3.8, 4) is 5.75 Å². The van der Waals surface area contributed by atoms with Crippen molar-refractivity contribution in [1.29, 1.82) is 0 Å². The van der Waals surface area contributed by atoms with Crippen molar-refractivity contribution in [3.05, 3.63) is 95.6 Å². The van der Waals surface area contributed by atoms with Gasteiger partial charge < -0.3 is 9.64 Å². The predicted molar refractivity (Wildman–Crippen MR) is 98.7 cm³/mol. The molecule has 0 atom stereocenters. The third-order valence-corrected chi connectivity index (χ3v) is 4.54. The molecule has 0 unspecified atom stereocenters. The number of hydrogen-bond acceptors (Lipinski definition) is 2. The van der Waals surface area contributed by atoms with E-state index in [1.165, 1.54) is 22.4 Å². The van der Waals surface area contributed by atoms with Gasteiger partial charge in [-0.15, -0.1) is 0 Å². The third kappa shape index (κ3) is 3.13. The van der Waals surface area contributed by atoms with Gasteiger partial charge in [0.15, 0.2) is 0 Å². The van der Waals surface area contributed by atoms with Crippen LogP contribution in [0.3, 0.4) is 0 Å². The third-order valence-electron chi connectivity index (χ3n) is 4.54. The second-order valence-electron chi connectivity index (χ2n) is 6.17. The first-order valence-electron chi connectivity index (χ1n) is 8.47. The van der Waals surface area contributed by atoms with Gasteiger partial charge in [-0.25, -0.2) is 0 Å². The van der Waals surface area contributed by atoms with Gasteiger partial charge in [0.1, 0.15) is 12.4 Å². The lowest BCUT2D eigenvalue weighted by atomic mass is 9.99. The maximum Gasteiger partial charge on any atom is 0.142 e. The van der Waals surface area contributed by atoms with Crippen molar-refractivity contribution in [2.45, 2.75) is 13.0 Å². The minimum Gasteiger partial charge on any atom is -0.490 e. The highest BCUT2D eigenvalue weighted by Crippen LogP contribution is 2.32. The number of anilines is 1. The summed E-state index contributed by atoms with van der Waals surface area (Å²) in [6.45, 7) is 2.60. The van der Waals surface area contributed by atoms with Gasteiger partial charge in [-0.3, -0.25) is 0 Å². The summed E-state index contributed by atoms with van der Waals surface area (Å²) in [6.07, 6.45) is 0.975. The summed E-state index contributed by atoms with van der Waals surface area (Å²) in [5.74, 6) is 0.990. The normalized spacial score (nSPS) is 13.2. The summed E-state index contributed by atoms with van der Waals surface area (Å²) in [5.41, 5.74) is 5.33. The molecule has 0 aliphatic carbocycles. The Hall–Kier alpha value is -2.74.